The number of nitrogens with zero attached hydrogens (tertiary/aromatic N) is 1. The molecular weight excluding hydrogens is 440 g/mol. The Balaban J connectivity index is 1.60. The van der Waals surface area contributed by atoms with Crippen LogP contribution in [0, 0.1) is 17.8 Å². The molecule has 1 aliphatic heterocycles. The molecule has 1 unspecified atom stereocenters. The summed E-state index contributed by atoms with van der Waals surface area (Å²) >= 11 is 0. The minimum Gasteiger partial charge on any atom is -0.478 e. The number of aromatic carboxylic acids is 1. The van der Waals surface area contributed by atoms with Crippen molar-refractivity contribution < 1.29 is 28.6 Å². The zero-order chi connectivity index (χ0) is 24.7. The monoisotopic (exact) mass is 467 g/mol. The second-order valence-electron chi connectivity index (χ2n) is 8.45. The highest BCUT2D eigenvalue weighted by Gasteiger charge is 2.52. The summed E-state index contributed by atoms with van der Waals surface area (Å²) in [6.45, 7) is 1.88. The smallest absolute Gasteiger partial charge is 0.335 e. The van der Waals surface area contributed by atoms with Crippen LogP contribution in [0.25, 0.3) is 0 Å². The van der Waals surface area contributed by atoms with Crippen LogP contribution in [0.15, 0.2) is 66.7 Å². The third-order valence-electron chi connectivity index (χ3n) is 5.83. The Hall–Kier alpha value is -3.50. The number of alkyl halides is 2. The van der Waals surface area contributed by atoms with Crippen molar-refractivity contribution in [1.82, 2.24) is 4.90 Å². The number of carbonyl (C=O) groups excluding carboxylic acids is 1. The number of benzene rings is 2. The third-order valence-corrected chi connectivity index (χ3v) is 5.83. The first kappa shape index (κ1) is 25.1. The van der Waals surface area contributed by atoms with Crippen LogP contribution in [-0.2, 0) is 11.2 Å². The van der Waals surface area contributed by atoms with Gasteiger partial charge in [0.1, 0.15) is 0 Å². The van der Waals surface area contributed by atoms with Gasteiger partial charge in [-0.1, -0.05) is 61.2 Å². The Labute approximate surface area is 197 Å². The molecule has 0 spiro atoms. The van der Waals surface area contributed by atoms with Gasteiger partial charge in [0.2, 0.25) is 0 Å². The van der Waals surface area contributed by atoms with E-state index in [1.807, 2.05) is 37.3 Å². The van der Waals surface area contributed by atoms with Crippen molar-refractivity contribution in [3.8, 4) is 11.8 Å². The van der Waals surface area contributed by atoms with Gasteiger partial charge in [-0.2, -0.15) is 8.78 Å². The minimum absolute atomic E-state index is 0.0596. The fraction of sp³-hybridized carbons (Fsp3) is 0.333. The molecule has 1 saturated heterocycles. The highest BCUT2D eigenvalue weighted by atomic mass is 19.3. The average molecular weight is 468 g/mol. The van der Waals surface area contributed by atoms with Crippen molar-refractivity contribution in [3.05, 3.63) is 83.4 Å². The predicted molar refractivity (Wildman–Crippen MR) is 124 cm³/mol. The van der Waals surface area contributed by atoms with Gasteiger partial charge in [-0.3, -0.25) is 4.79 Å². The van der Waals surface area contributed by atoms with Gasteiger partial charge >= 0.3 is 11.9 Å². The molecule has 0 aromatic heterocycles. The van der Waals surface area contributed by atoms with Crippen molar-refractivity contribution >= 4 is 11.9 Å². The molecule has 0 radical (unpaired) electrons. The first-order chi connectivity index (χ1) is 16.2. The maximum absolute atomic E-state index is 14.1. The molecule has 3 rings (SSSR count). The van der Waals surface area contributed by atoms with Crippen molar-refractivity contribution in [2.75, 3.05) is 6.54 Å². The Morgan fingerprint density at radius 1 is 1.21 bits per heavy atom. The molecule has 2 N–H and O–H groups in total. The summed E-state index contributed by atoms with van der Waals surface area (Å²) in [4.78, 5) is 24.3. The van der Waals surface area contributed by atoms with Crippen LogP contribution in [0.5, 0.6) is 0 Å². The number of likely N-dealkylation sites (tertiary alicyclic amines) is 1. The van der Waals surface area contributed by atoms with Crippen LogP contribution in [0.3, 0.4) is 0 Å². The van der Waals surface area contributed by atoms with Crippen LogP contribution in [0.2, 0.25) is 0 Å². The van der Waals surface area contributed by atoms with Gasteiger partial charge in [0.25, 0.3) is 5.91 Å². The van der Waals surface area contributed by atoms with E-state index in [4.69, 9.17) is 5.11 Å². The highest BCUT2D eigenvalue weighted by molar-refractivity contribution is 5.87. The molecule has 1 aliphatic rings. The molecular formula is C27H27F2NO4. The fourth-order valence-electron chi connectivity index (χ4n) is 3.71. The molecule has 2 aromatic rings. The van der Waals surface area contributed by atoms with E-state index >= 15 is 0 Å². The average Bonchev–Trinajstić information content (AvgIpc) is 3.04. The molecule has 3 atom stereocenters. The quantitative estimate of drug-likeness (QED) is 0.452. The topological polar surface area (TPSA) is 77.8 Å². The number of rotatable bonds is 8. The lowest BCUT2D eigenvalue weighted by molar-refractivity contribution is -0.148. The zero-order valence-electron chi connectivity index (χ0n) is 18.8. The van der Waals surface area contributed by atoms with Gasteiger partial charge in [0.05, 0.1) is 17.7 Å². The number of aliphatic hydroxyl groups is 1. The zero-order valence-corrected chi connectivity index (χ0v) is 18.8. The van der Waals surface area contributed by atoms with Crippen molar-refractivity contribution in [1.29, 1.82) is 0 Å². The lowest BCUT2D eigenvalue weighted by Gasteiger charge is -2.22. The predicted octanol–water partition coefficient (Wildman–Crippen LogP) is 4.16. The van der Waals surface area contributed by atoms with Crippen LogP contribution in [0.1, 0.15) is 41.3 Å². The van der Waals surface area contributed by atoms with Crippen LogP contribution in [0.4, 0.5) is 8.78 Å². The van der Waals surface area contributed by atoms with E-state index in [0.717, 1.165) is 16.0 Å². The summed E-state index contributed by atoms with van der Waals surface area (Å²) in [5.74, 6) is 0.0854. The Kier molecular flexibility index (Phi) is 8.19. The number of halogens is 2. The normalized spacial score (nSPS) is 19.0. The first-order valence-corrected chi connectivity index (χ1v) is 11.1. The summed E-state index contributed by atoms with van der Waals surface area (Å²) in [5.41, 5.74) is 1.74. The van der Waals surface area contributed by atoms with Crippen molar-refractivity contribution in [2.45, 2.75) is 44.3 Å². The molecule has 0 aliphatic carbocycles. The summed E-state index contributed by atoms with van der Waals surface area (Å²) in [5, 5.41) is 19.4. The first-order valence-electron chi connectivity index (χ1n) is 11.1. The molecule has 2 aromatic carbocycles. The highest BCUT2D eigenvalue weighted by Crippen LogP contribution is 2.34. The molecule has 0 saturated carbocycles. The SMILES string of the molecule is C[C@@H](CC#Cc1ccccc1)[C@H](O)C=CC1CC(F)(F)C(=O)N1CCc1ccc(C(=O)O)cc1. The van der Waals surface area contributed by atoms with Crippen LogP contribution >= 0.6 is 0 Å². The Morgan fingerprint density at radius 3 is 2.53 bits per heavy atom. The van der Waals surface area contributed by atoms with E-state index in [-0.39, 0.29) is 18.0 Å². The number of carbonyl (C=O) groups is 2. The van der Waals surface area contributed by atoms with Gasteiger partial charge < -0.3 is 15.1 Å². The van der Waals surface area contributed by atoms with E-state index in [0.29, 0.717) is 12.8 Å². The number of hydrogen-bond donors (Lipinski definition) is 2. The largest absolute Gasteiger partial charge is 0.478 e. The second kappa shape index (κ2) is 11.1. The molecule has 1 heterocycles. The van der Waals surface area contributed by atoms with Gasteiger partial charge in [-0.15, -0.1) is 0 Å². The van der Waals surface area contributed by atoms with Gasteiger partial charge in [-0.05, 0) is 42.2 Å². The van der Waals surface area contributed by atoms with E-state index in [1.54, 1.807) is 12.1 Å². The van der Waals surface area contributed by atoms with Gasteiger partial charge in [0.15, 0.2) is 0 Å². The lowest BCUT2D eigenvalue weighted by Crippen LogP contribution is -2.37. The number of aliphatic hydroxyl groups excluding tert-OH is 1. The Bertz CT molecular complexity index is 1090. The van der Waals surface area contributed by atoms with Crippen molar-refractivity contribution in [2.24, 2.45) is 5.92 Å². The second-order valence-corrected chi connectivity index (χ2v) is 8.45. The van der Waals surface area contributed by atoms with E-state index in [9.17, 15) is 23.5 Å². The fourth-order valence-corrected chi connectivity index (χ4v) is 3.71. The van der Waals surface area contributed by atoms with Crippen LogP contribution in [-0.4, -0.2) is 51.6 Å². The number of carboxylic acid groups (broad SMARTS) is 1. The minimum atomic E-state index is -3.46. The van der Waals surface area contributed by atoms with Crippen molar-refractivity contribution in [3.63, 3.8) is 0 Å². The summed E-state index contributed by atoms with van der Waals surface area (Å²) in [7, 11) is 0. The van der Waals surface area contributed by atoms with E-state index in [2.05, 4.69) is 11.8 Å². The molecule has 1 fully saturated rings. The van der Waals surface area contributed by atoms with Gasteiger partial charge in [-0.25, -0.2) is 4.79 Å². The van der Waals surface area contributed by atoms with Crippen LogP contribution < -0.4 is 0 Å². The number of amides is 1. The molecule has 0 bridgehead atoms. The number of carboxylic acids is 1. The van der Waals surface area contributed by atoms with Gasteiger partial charge in [0, 0.05) is 24.9 Å². The summed E-state index contributed by atoms with van der Waals surface area (Å²) in [6.07, 6.45) is 2.13. The molecule has 5 nitrogen and oxygen atoms in total. The molecule has 34 heavy (non-hydrogen) atoms. The standard InChI is InChI=1S/C27H27F2NO4/c1-19(6-5-9-20-7-3-2-4-8-20)24(31)15-14-23-18-27(28,29)26(34)30(23)17-16-21-10-12-22(13-11-21)25(32)33/h2-4,7-8,10-15,19,23-24,31H,6,16-18H2,1H3,(H,32,33)/t19-,23?,24+/m0/s1. The third kappa shape index (κ3) is 6.52. The van der Waals surface area contributed by atoms with E-state index < -0.39 is 36.4 Å². The lowest BCUT2D eigenvalue weighted by atomic mass is 9.99. The summed E-state index contributed by atoms with van der Waals surface area (Å²) in [6, 6.07) is 14.7. The number of hydrogen-bond acceptors (Lipinski definition) is 3. The maximum Gasteiger partial charge on any atom is 0.335 e. The summed E-state index contributed by atoms with van der Waals surface area (Å²) < 4.78 is 28.3. The van der Waals surface area contributed by atoms with E-state index in [1.165, 1.54) is 24.3 Å². The maximum atomic E-state index is 14.1. The molecule has 178 valence electrons. The Morgan fingerprint density at radius 2 is 1.88 bits per heavy atom. The molecule has 1 amide bonds. The molecule has 7 heteroatoms.